The molecule has 0 saturated heterocycles. The van der Waals surface area contributed by atoms with Crippen LogP contribution in [0.4, 0.5) is 5.69 Å². The van der Waals surface area contributed by atoms with Crippen LogP contribution in [0.5, 0.6) is 5.75 Å². The van der Waals surface area contributed by atoms with Gasteiger partial charge in [-0.15, -0.1) is 0 Å². The van der Waals surface area contributed by atoms with Gasteiger partial charge in [0.2, 0.25) is 5.76 Å². The van der Waals surface area contributed by atoms with Crippen LogP contribution in [-0.4, -0.2) is 17.2 Å². The predicted octanol–water partition coefficient (Wildman–Crippen LogP) is 4.34. The molecule has 0 radical (unpaired) electrons. The molecule has 0 saturated carbocycles. The number of amides is 1. The standard InChI is InChI=1S/C23H20ClN3O3/c24-18-6-8-19(9-7-18)27-23(29)22(21(26)13-25)30-20-10-4-16(5-11-20)17-3-1-2-15(12-17)14-28/h1-13,25,28H,14,26H2,(H,27,29)/b22-21-,25-13?. The molecule has 0 unspecified atom stereocenters. The lowest BCUT2D eigenvalue weighted by molar-refractivity contribution is -0.114. The summed E-state index contributed by atoms with van der Waals surface area (Å²) in [6.45, 7) is -0.0329. The largest absolute Gasteiger partial charge is 0.449 e. The molecule has 0 heterocycles. The van der Waals surface area contributed by atoms with Crippen molar-refractivity contribution in [3.8, 4) is 16.9 Å². The average Bonchev–Trinajstić information content (AvgIpc) is 2.78. The summed E-state index contributed by atoms with van der Waals surface area (Å²) in [6.07, 6.45) is 0.853. The molecule has 5 N–H and O–H groups in total. The van der Waals surface area contributed by atoms with Gasteiger partial charge >= 0.3 is 0 Å². The number of nitrogens with one attached hydrogen (secondary N) is 2. The van der Waals surface area contributed by atoms with E-state index in [0.717, 1.165) is 22.9 Å². The Bertz CT molecular complexity index is 1080. The Labute approximate surface area is 179 Å². The van der Waals surface area contributed by atoms with Gasteiger partial charge in [-0.05, 0) is 59.2 Å². The molecular weight excluding hydrogens is 402 g/mol. The van der Waals surface area contributed by atoms with E-state index in [9.17, 15) is 9.90 Å². The van der Waals surface area contributed by atoms with Crippen molar-refractivity contribution in [2.75, 3.05) is 5.32 Å². The number of rotatable bonds is 7. The number of anilines is 1. The molecular formula is C23H20ClN3O3. The zero-order valence-electron chi connectivity index (χ0n) is 15.9. The number of carbonyl (C=O) groups is 1. The van der Waals surface area contributed by atoms with Crippen molar-refractivity contribution in [1.82, 2.24) is 0 Å². The number of ether oxygens (including phenoxy) is 1. The van der Waals surface area contributed by atoms with Gasteiger partial charge < -0.3 is 26.3 Å². The van der Waals surface area contributed by atoms with Gasteiger partial charge in [-0.3, -0.25) is 4.79 Å². The summed E-state index contributed by atoms with van der Waals surface area (Å²) >= 11 is 5.86. The van der Waals surface area contributed by atoms with Crippen molar-refractivity contribution in [3.63, 3.8) is 0 Å². The summed E-state index contributed by atoms with van der Waals surface area (Å²) in [5, 5.41) is 19.9. The number of carbonyl (C=O) groups excluding carboxylic acids is 1. The molecule has 3 aromatic rings. The minimum Gasteiger partial charge on any atom is -0.449 e. The number of nitrogens with two attached hydrogens (primary N) is 1. The van der Waals surface area contributed by atoms with Gasteiger partial charge in [0.1, 0.15) is 5.75 Å². The summed E-state index contributed by atoms with van der Waals surface area (Å²) in [4.78, 5) is 12.6. The first-order valence-corrected chi connectivity index (χ1v) is 9.43. The van der Waals surface area contributed by atoms with Gasteiger partial charge in [0.25, 0.3) is 5.91 Å². The molecule has 0 aromatic heterocycles. The molecule has 7 heteroatoms. The summed E-state index contributed by atoms with van der Waals surface area (Å²) in [5.41, 5.74) is 8.90. The van der Waals surface area contributed by atoms with E-state index in [2.05, 4.69) is 5.32 Å². The van der Waals surface area contributed by atoms with Crippen LogP contribution in [0.3, 0.4) is 0 Å². The van der Waals surface area contributed by atoms with Crippen LogP contribution in [-0.2, 0) is 11.4 Å². The number of aliphatic hydroxyl groups excluding tert-OH is 1. The third kappa shape index (κ3) is 5.26. The minimum absolute atomic E-state index is 0.0329. The summed E-state index contributed by atoms with van der Waals surface area (Å²) in [6, 6.07) is 21.2. The van der Waals surface area contributed by atoms with Crippen molar-refractivity contribution in [2.24, 2.45) is 5.73 Å². The molecule has 152 valence electrons. The molecule has 0 fully saturated rings. The molecule has 30 heavy (non-hydrogen) atoms. The van der Waals surface area contributed by atoms with Gasteiger partial charge in [0.15, 0.2) is 0 Å². The fourth-order valence-electron chi connectivity index (χ4n) is 2.71. The molecule has 0 bridgehead atoms. The Balaban J connectivity index is 1.79. The minimum atomic E-state index is -0.585. The molecule has 3 rings (SSSR count). The monoisotopic (exact) mass is 421 g/mol. The number of hydrogen-bond donors (Lipinski definition) is 4. The topological polar surface area (TPSA) is 108 Å². The summed E-state index contributed by atoms with van der Waals surface area (Å²) in [7, 11) is 0. The quantitative estimate of drug-likeness (QED) is 0.258. The summed E-state index contributed by atoms with van der Waals surface area (Å²) in [5.74, 6) is -0.379. The Kier molecular flexibility index (Phi) is 6.85. The van der Waals surface area contributed by atoms with Crippen LogP contribution < -0.4 is 15.8 Å². The number of aliphatic hydroxyl groups is 1. The molecule has 0 aliphatic rings. The number of hydrogen-bond acceptors (Lipinski definition) is 5. The molecule has 6 nitrogen and oxygen atoms in total. The van der Waals surface area contributed by atoms with Crippen molar-refractivity contribution in [3.05, 3.63) is 94.8 Å². The number of allylic oxidation sites excluding steroid dienone is 1. The first kappa shape index (κ1) is 21.1. The van der Waals surface area contributed by atoms with Crippen LogP contribution in [0, 0.1) is 5.41 Å². The van der Waals surface area contributed by atoms with Crippen molar-refractivity contribution in [2.45, 2.75) is 6.61 Å². The average molecular weight is 422 g/mol. The SMILES string of the molecule is N=C/C(N)=C(/Oc1ccc(-c2cccc(CO)c2)cc1)C(=O)Nc1ccc(Cl)cc1. The highest BCUT2D eigenvalue weighted by Crippen LogP contribution is 2.25. The van der Waals surface area contributed by atoms with Gasteiger partial charge in [-0.1, -0.05) is 41.9 Å². The Morgan fingerprint density at radius 3 is 2.40 bits per heavy atom. The van der Waals surface area contributed by atoms with Crippen molar-refractivity contribution < 1.29 is 14.6 Å². The van der Waals surface area contributed by atoms with Gasteiger partial charge in [-0.25, -0.2) is 0 Å². The maximum Gasteiger partial charge on any atom is 0.293 e. The fourth-order valence-corrected chi connectivity index (χ4v) is 2.83. The highest BCUT2D eigenvalue weighted by atomic mass is 35.5. The molecule has 0 atom stereocenters. The zero-order valence-corrected chi connectivity index (χ0v) is 16.7. The first-order valence-electron chi connectivity index (χ1n) is 9.05. The molecule has 0 aliphatic heterocycles. The van der Waals surface area contributed by atoms with E-state index in [0.29, 0.717) is 16.5 Å². The normalized spacial score (nSPS) is 11.4. The van der Waals surface area contributed by atoms with E-state index in [-0.39, 0.29) is 18.1 Å². The second kappa shape index (κ2) is 9.73. The van der Waals surface area contributed by atoms with Crippen LogP contribution in [0.2, 0.25) is 5.02 Å². The zero-order chi connectivity index (χ0) is 21.5. The second-order valence-electron chi connectivity index (χ2n) is 6.37. The fraction of sp³-hybridized carbons (Fsp3) is 0.0435. The Morgan fingerprint density at radius 1 is 1.07 bits per heavy atom. The van der Waals surface area contributed by atoms with Gasteiger partial charge in [0.05, 0.1) is 12.3 Å². The Morgan fingerprint density at radius 2 is 1.77 bits per heavy atom. The highest BCUT2D eigenvalue weighted by molar-refractivity contribution is 6.30. The van der Waals surface area contributed by atoms with Crippen LogP contribution in [0.25, 0.3) is 11.1 Å². The van der Waals surface area contributed by atoms with Crippen molar-refractivity contribution in [1.29, 1.82) is 5.41 Å². The number of benzene rings is 3. The van der Waals surface area contributed by atoms with E-state index < -0.39 is 5.91 Å². The predicted molar refractivity (Wildman–Crippen MR) is 119 cm³/mol. The first-order chi connectivity index (χ1) is 14.5. The second-order valence-corrected chi connectivity index (χ2v) is 6.81. The highest BCUT2D eigenvalue weighted by Gasteiger charge is 2.16. The lowest BCUT2D eigenvalue weighted by atomic mass is 10.0. The van der Waals surface area contributed by atoms with Crippen LogP contribution in [0.1, 0.15) is 5.56 Å². The molecule has 0 spiro atoms. The molecule has 1 amide bonds. The summed E-state index contributed by atoms with van der Waals surface area (Å²) < 4.78 is 5.69. The molecule has 0 aliphatic carbocycles. The van der Waals surface area contributed by atoms with E-state index in [4.69, 9.17) is 27.5 Å². The maximum atomic E-state index is 12.6. The third-order valence-corrected chi connectivity index (χ3v) is 4.50. The van der Waals surface area contributed by atoms with E-state index in [1.54, 1.807) is 36.4 Å². The van der Waals surface area contributed by atoms with Crippen molar-refractivity contribution >= 4 is 29.4 Å². The van der Waals surface area contributed by atoms with E-state index in [1.165, 1.54) is 0 Å². The number of halogens is 1. The molecule has 3 aromatic carbocycles. The lowest BCUT2D eigenvalue weighted by Gasteiger charge is -2.13. The van der Waals surface area contributed by atoms with E-state index in [1.807, 2.05) is 36.4 Å². The van der Waals surface area contributed by atoms with Crippen LogP contribution >= 0.6 is 11.6 Å². The third-order valence-electron chi connectivity index (χ3n) is 4.24. The smallest absolute Gasteiger partial charge is 0.293 e. The van der Waals surface area contributed by atoms with Gasteiger partial charge in [-0.2, -0.15) is 0 Å². The van der Waals surface area contributed by atoms with Gasteiger partial charge in [0, 0.05) is 16.9 Å². The van der Waals surface area contributed by atoms with Crippen LogP contribution in [0.15, 0.2) is 84.3 Å². The maximum absolute atomic E-state index is 12.6. The lowest BCUT2D eigenvalue weighted by Crippen LogP contribution is -2.23. The van der Waals surface area contributed by atoms with E-state index >= 15 is 0 Å². The Hall–Kier alpha value is -3.61.